The average Bonchev–Trinajstić information content (AvgIpc) is 3.00. The van der Waals surface area contributed by atoms with Crippen molar-refractivity contribution in [2.45, 2.75) is 25.8 Å². The van der Waals surface area contributed by atoms with E-state index in [1.165, 1.54) is 0 Å². The number of carbonyl (C=O) groups excluding carboxylic acids is 3. The first-order chi connectivity index (χ1) is 12.6. The molecule has 3 N–H and O–H groups in total. The van der Waals surface area contributed by atoms with E-state index in [1.807, 2.05) is 30.3 Å². The second-order valence-electron chi connectivity index (χ2n) is 6.69. The van der Waals surface area contributed by atoms with Crippen molar-refractivity contribution in [3.8, 4) is 0 Å². The van der Waals surface area contributed by atoms with E-state index < -0.39 is 0 Å². The van der Waals surface area contributed by atoms with Gasteiger partial charge in [0.2, 0.25) is 11.8 Å². The van der Waals surface area contributed by atoms with Crippen LogP contribution in [-0.4, -0.2) is 17.7 Å². The Balaban J connectivity index is 1.35. The van der Waals surface area contributed by atoms with Gasteiger partial charge in [-0.3, -0.25) is 14.4 Å². The fourth-order valence-corrected chi connectivity index (χ4v) is 3.47. The molecule has 2 heterocycles. The lowest BCUT2D eigenvalue weighted by atomic mass is 9.89. The van der Waals surface area contributed by atoms with Gasteiger partial charge in [-0.05, 0) is 42.2 Å². The molecule has 0 spiro atoms. The number of anilines is 2. The van der Waals surface area contributed by atoms with Crippen LogP contribution in [0.2, 0.25) is 0 Å². The summed E-state index contributed by atoms with van der Waals surface area (Å²) in [5, 5.41) is 8.47. The molecule has 0 fully saturated rings. The van der Waals surface area contributed by atoms with Crippen LogP contribution in [0.4, 0.5) is 11.4 Å². The molecule has 6 nitrogen and oxygen atoms in total. The molecule has 2 aliphatic rings. The average molecular weight is 349 g/mol. The quantitative estimate of drug-likeness (QED) is 0.792. The number of fused-ring (bicyclic) bond motifs is 2. The van der Waals surface area contributed by atoms with Crippen LogP contribution in [0.15, 0.2) is 42.5 Å². The molecule has 2 aromatic rings. The van der Waals surface area contributed by atoms with Crippen molar-refractivity contribution in [2.24, 2.45) is 5.92 Å². The van der Waals surface area contributed by atoms with Crippen LogP contribution >= 0.6 is 0 Å². The van der Waals surface area contributed by atoms with Gasteiger partial charge in [-0.2, -0.15) is 0 Å². The molecule has 132 valence electrons. The standard InChI is InChI=1S/C20H19N3O3/c24-18(22-15-7-5-14-11-21-20(26)16(14)10-15)8-6-13-9-12-3-1-2-4-17(12)23-19(13)25/h1-5,7,10,13H,6,8-9,11H2,(H,21,26)(H,22,24)(H,23,25). The molecule has 0 saturated carbocycles. The first kappa shape index (κ1) is 16.3. The minimum atomic E-state index is -0.207. The number of para-hydroxylation sites is 1. The molecule has 4 rings (SSSR count). The summed E-state index contributed by atoms with van der Waals surface area (Å²) in [6.07, 6.45) is 1.38. The predicted molar refractivity (Wildman–Crippen MR) is 97.7 cm³/mol. The Morgan fingerprint density at radius 3 is 2.85 bits per heavy atom. The van der Waals surface area contributed by atoms with Crippen LogP contribution in [0.5, 0.6) is 0 Å². The number of hydrogen-bond donors (Lipinski definition) is 3. The Hall–Kier alpha value is -3.15. The summed E-state index contributed by atoms with van der Waals surface area (Å²) < 4.78 is 0. The molecule has 0 aliphatic carbocycles. The van der Waals surface area contributed by atoms with E-state index in [1.54, 1.807) is 12.1 Å². The van der Waals surface area contributed by atoms with Crippen molar-refractivity contribution in [1.82, 2.24) is 5.32 Å². The molecule has 2 aliphatic heterocycles. The van der Waals surface area contributed by atoms with E-state index in [-0.39, 0.29) is 30.1 Å². The second-order valence-corrected chi connectivity index (χ2v) is 6.69. The van der Waals surface area contributed by atoms with Gasteiger partial charge >= 0.3 is 0 Å². The van der Waals surface area contributed by atoms with E-state index in [0.29, 0.717) is 30.6 Å². The van der Waals surface area contributed by atoms with Gasteiger partial charge in [0.25, 0.3) is 5.91 Å². The van der Waals surface area contributed by atoms with Crippen LogP contribution in [0.1, 0.15) is 34.3 Å². The highest BCUT2D eigenvalue weighted by Gasteiger charge is 2.26. The fraction of sp³-hybridized carbons (Fsp3) is 0.250. The van der Waals surface area contributed by atoms with E-state index in [0.717, 1.165) is 16.8 Å². The monoisotopic (exact) mass is 349 g/mol. The number of rotatable bonds is 4. The molecule has 0 aromatic heterocycles. The van der Waals surface area contributed by atoms with Crippen molar-refractivity contribution in [2.75, 3.05) is 10.6 Å². The number of carbonyl (C=O) groups is 3. The van der Waals surface area contributed by atoms with Crippen molar-refractivity contribution >= 4 is 29.1 Å². The van der Waals surface area contributed by atoms with Crippen molar-refractivity contribution in [1.29, 1.82) is 0 Å². The largest absolute Gasteiger partial charge is 0.348 e. The molecule has 3 amide bonds. The van der Waals surface area contributed by atoms with Gasteiger partial charge in [0, 0.05) is 35.8 Å². The zero-order valence-electron chi connectivity index (χ0n) is 14.2. The topological polar surface area (TPSA) is 87.3 Å². The van der Waals surface area contributed by atoms with Gasteiger partial charge in [0.1, 0.15) is 0 Å². The Labute approximate surface area is 151 Å². The minimum absolute atomic E-state index is 0.0364. The summed E-state index contributed by atoms with van der Waals surface area (Å²) in [7, 11) is 0. The summed E-state index contributed by atoms with van der Waals surface area (Å²) in [6.45, 7) is 0.528. The van der Waals surface area contributed by atoms with Crippen molar-refractivity contribution < 1.29 is 14.4 Å². The molecule has 2 aromatic carbocycles. The maximum Gasteiger partial charge on any atom is 0.251 e. The molecule has 1 atom stereocenters. The minimum Gasteiger partial charge on any atom is -0.348 e. The summed E-state index contributed by atoms with van der Waals surface area (Å²) >= 11 is 0. The van der Waals surface area contributed by atoms with E-state index >= 15 is 0 Å². The maximum absolute atomic E-state index is 12.2. The molecular formula is C20H19N3O3. The summed E-state index contributed by atoms with van der Waals surface area (Å²) in [5.41, 5.74) is 4.10. The SMILES string of the molecule is O=C(CCC1Cc2ccccc2NC1=O)Nc1ccc2c(c1)C(=O)NC2. The summed E-state index contributed by atoms with van der Waals surface area (Å²) in [5.74, 6) is -0.518. The Kier molecular flexibility index (Phi) is 4.16. The number of nitrogens with one attached hydrogen (secondary N) is 3. The van der Waals surface area contributed by atoms with E-state index in [4.69, 9.17) is 0 Å². The molecular weight excluding hydrogens is 330 g/mol. The van der Waals surface area contributed by atoms with Gasteiger partial charge < -0.3 is 16.0 Å². The van der Waals surface area contributed by atoms with Crippen LogP contribution in [0.25, 0.3) is 0 Å². The van der Waals surface area contributed by atoms with E-state index in [9.17, 15) is 14.4 Å². The van der Waals surface area contributed by atoms with Crippen molar-refractivity contribution in [3.63, 3.8) is 0 Å². The predicted octanol–water partition coefficient (Wildman–Crippen LogP) is 2.46. The Morgan fingerprint density at radius 1 is 1.12 bits per heavy atom. The smallest absolute Gasteiger partial charge is 0.251 e. The zero-order valence-corrected chi connectivity index (χ0v) is 14.2. The third-order valence-electron chi connectivity index (χ3n) is 4.91. The Morgan fingerprint density at radius 2 is 1.96 bits per heavy atom. The zero-order chi connectivity index (χ0) is 18.1. The lowest BCUT2D eigenvalue weighted by Gasteiger charge is -2.24. The first-order valence-electron chi connectivity index (χ1n) is 8.70. The fourth-order valence-electron chi connectivity index (χ4n) is 3.47. The van der Waals surface area contributed by atoms with E-state index in [2.05, 4.69) is 16.0 Å². The molecule has 1 unspecified atom stereocenters. The summed E-state index contributed by atoms with van der Waals surface area (Å²) in [4.78, 5) is 36.2. The number of amides is 3. The first-order valence-corrected chi connectivity index (χ1v) is 8.70. The number of hydrogen-bond acceptors (Lipinski definition) is 3. The second kappa shape index (κ2) is 6.63. The van der Waals surface area contributed by atoms with Gasteiger partial charge in [0.05, 0.1) is 0 Å². The van der Waals surface area contributed by atoms with Crippen LogP contribution in [-0.2, 0) is 22.6 Å². The maximum atomic E-state index is 12.2. The van der Waals surface area contributed by atoms with Gasteiger partial charge in [-0.1, -0.05) is 24.3 Å². The third-order valence-corrected chi connectivity index (χ3v) is 4.91. The molecule has 6 heteroatoms. The molecule has 0 radical (unpaired) electrons. The highest BCUT2D eigenvalue weighted by molar-refractivity contribution is 6.00. The molecule has 26 heavy (non-hydrogen) atoms. The molecule has 0 saturated heterocycles. The van der Waals surface area contributed by atoms with Gasteiger partial charge in [0.15, 0.2) is 0 Å². The van der Waals surface area contributed by atoms with Crippen LogP contribution in [0.3, 0.4) is 0 Å². The normalized spacial score (nSPS) is 17.8. The van der Waals surface area contributed by atoms with Crippen molar-refractivity contribution in [3.05, 3.63) is 59.2 Å². The number of benzene rings is 2. The lowest BCUT2D eigenvalue weighted by Crippen LogP contribution is -2.30. The summed E-state index contributed by atoms with van der Waals surface area (Å²) in [6, 6.07) is 13.1. The van der Waals surface area contributed by atoms with Gasteiger partial charge in [-0.25, -0.2) is 0 Å². The molecule has 0 bridgehead atoms. The lowest BCUT2D eigenvalue weighted by molar-refractivity contribution is -0.121. The van der Waals surface area contributed by atoms with Gasteiger partial charge in [-0.15, -0.1) is 0 Å². The van der Waals surface area contributed by atoms with Crippen LogP contribution in [0, 0.1) is 5.92 Å². The Bertz CT molecular complexity index is 907. The highest BCUT2D eigenvalue weighted by Crippen LogP contribution is 2.27. The van der Waals surface area contributed by atoms with Crippen LogP contribution < -0.4 is 16.0 Å². The third kappa shape index (κ3) is 3.18. The highest BCUT2D eigenvalue weighted by atomic mass is 16.2.